The first kappa shape index (κ1) is 15.3. The van der Waals surface area contributed by atoms with Gasteiger partial charge in [-0.1, -0.05) is 24.9 Å². The summed E-state index contributed by atoms with van der Waals surface area (Å²) in [5.74, 6) is 0.101. The third kappa shape index (κ3) is 3.33. The number of esters is 1. The number of aromatic amines is 1. The molecule has 0 atom stereocenters. The summed E-state index contributed by atoms with van der Waals surface area (Å²) in [4.78, 5) is 26.2. The first-order chi connectivity index (χ1) is 10.1. The zero-order valence-electron chi connectivity index (χ0n) is 11.9. The van der Waals surface area contributed by atoms with Gasteiger partial charge in [0.25, 0.3) is 0 Å². The number of nitrogens with zero attached hydrogens (tertiary/aromatic N) is 2. The molecule has 0 aliphatic rings. The van der Waals surface area contributed by atoms with Gasteiger partial charge < -0.3 is 4.74 Å². The van der Waals surface area contributed by atoms with Crippen molar-refractivity contribution in [3.8, 4) is 5.69 Å². The molecule has 21 heavy (non-hydrogen) atoms. The maximum Gasteiger partial charge on any atom is 0.348 e. The number of unbranched alkanes of at least 4 members (excludes halogenated alkanes) is 1. The zero-order valence-corrected chi connectivity index (χ0v) is 12.6. The maximum absolute atomic E-state index is 12.0. The lowest BCUT2D eigenvalue weighted by Crippen LogP contribution is -2.17. The summed E-state index contributed by atoms with van der Waals surface area (Å²) >= 11 is 6.10. The van der Waals surface area contributed by atoms with Crippen LogP contribution in [0.1, 0.15) is 35.9 Å². The van der Waals surface area contributed by atoms with Gasteiger partial charge >= 0.3 is 11.7 Å². The fraction of sp³-hybridized carbons (Fsp3) is 0.357. The normalized spacial score (nSPS) is 10.6. The largest absolute Gasteiger partial charge is 0.465 e. The molecular weight excluding hydrogens is 294 g/mol. The molecule has 0 aliphatic carbocycles. The number of aromatic nitrogens is 3. The highest BCUT2D eigenvalue weighted by Gasteiger charge is 2.14. The van der Waals surface area contributed by atoms with Crippen LogP contribution >= 0.6 is 11.6 Å². The smallest absolute Gasteiger partial charge is 0.348 e. The molecule has 6 nitrogen and oxygen atoms in total. The van der Waals surface area contributed by atoms with Gasteiger partial charge in [-0.05, 0) is 24.6 Å². The number of carbonyl (C=O) groups excluding carboxylic acids is 1. The van der Waals surface area contributed by atoms with Crippen LogP contribution in [0.15, 0.2) is 23.0 Å². The molecule has 1 aromatic heterocycles. The Labute approximate surface area is 126 Å². The number of methoxy groups -OCH3 is 1. The minimum absolute atomic E-state index is 0.307. The van der Waals surface area contributed by atoms with Gasteiger partial charge in [0, 0.05) is 6.42 Å². The van der Waals surface area contributed by atoms with Crippen LogP contribution in [-0.2, 0) is 11.2 Å². The molecule has 0 amide bonds. The SMILES string of the molecule is CCCCc1nn(-c2cc(C(=O)OC)ccc2Cl)c(=O)[nH]1. The molecule has 1 heterocycles. The standard InChI is InChI=1S/C14H16ClN3O3/c1-3-4-5-12-16-14(20)18(17-12)11-8-9(13(19)21-2)6-7-10(11)15/h6-8H,3-5H2,1-2H3,(H,16,17,20). The second kappa shape index (κ2) is 6.58. The molecule has 0 fully saturated rings. The average molecular weight is 310 g/mol. The molecule has 0 saturated carbocycles. The minimum Gasteiger partial charge on any atom is -0.465 e. The Hall–Kier alpha value is -2.08. The number of benzene rings is 1. The van der Waals surface area contributed by atoms with Crippen LogP contribution in [-0.4, -0.2) is 27.8 Å². The molecule has 2 aromatic rings. The zero-order chi connectivity index (χ0) is 15.4. The van der Waals surface area contributed by atoms with E-state index in [1.807, 2.05) is 0 Å². The van der Waals surface area contributed by atoms with E-state index < -0.39 is 5.97 Å². The van der Waals surface area contributed by atoms with Gasteiger partial charge in [0.05, 0.1) is 23.4 Å². The topological polar surface area (TPSA) is 77.0 Å². The highest BCUT2D eigenvalue weighted by Crippen LogP contribution is 2.20. The molecule has 0 radical (unpaired) electrons. The van der Waals surface area contributed by atoms with Crippen LogP contribution in [0, 0.1) is 0 Å². The van der Waals surface area contributed by atoms with Crippen LogP contribution in [0.3, 0.4) is 0 Å². The van der Waals surface area contributed by atoms with Crippen molar-refractivity contribution < 1.29 is 9.53 Å². The summed E-state index contributed by atoms with van der Waals surface area (Å²) in [5.41, 5.74) is 0.274. The lowest BCUT2D eigenvalue weighted by molar-refractivity contribution is 0.0600. The van der Waals surface area contributed by atoms with Crippen molar-refractivity contribution in [2.45, 2.75) is 26.2 Å². The van der Waals surface area contributed by atoms with E-state index in [1.54, 1.807) is 0 Å². The molecule has 0 spiro atoms. The monoisotopic (exact) mass is 309 g/mol. The molecule has 112 valence electrons. The van der Waals surface area contributed by atoms with Crippen LogP contribution in [0.2, 0.25) is 5.02 Å². The van der Waals surface area contributed by atoms with E-state index in [0.717, 1.165) is 12.8 Å². The summed E-state index contributed by atoms with van der Waals surface area (Å²) < 4.78 is 5.82. The molecule has 1 aromatic carbocycles. The van der Waals surface area contributed by atoms with E-state index in [-0.39, 0.29) is 5.69 Å². The number of carbonyl (C=O) groups is 1. The number of hydrogen-bond acceptors (Lipinski definition) is 4. The van der Waals surface area contributed by atoms with E-state index in [9.17, 15) is 9.59 Å². The second-order valence-electron chi connectivity index (χ2n) is 4.55. The van der Waals surface area contributed by atoms with Crippen LogP contribution in [0.25, 0.3) is 5.69 Å². The third-order valence-electron chi connectivity index (χ3n) is 3.03. The molecule has 7 heteroatoms. The van der Waals surface area contributed by atoms with Gasteiger partial charge in [-0.15, -0.1) is 0 Å². The highest BCUT2D eigenvalue weighted by molar-refractivity contribution is 6.32. The van der Waals surface area contributed by atoms with Crippen molar-refractivity contribution in [3.05, 3.63) is 45.1 Å². The molecule has 2 rings (SSSR count). The van der Waals surface area contributed by atoms with Gasteiger partial charge in [-0.2, -0.15) is 9.78 Å². The average Bonchev–Trinajstić information content (AvgIpc) is 2.85. The van der Waals surface area contributed by atoms with Crippen molar-refractivity contribution in [1.29, 1.82) is 0 Å². The number of hydrogen-bond donors (Lipinski definition) is 1. The Morgan fingerprint density at radius 3 is 2.90 bits per heavy atom. The Morgan fingerprint density at radius 1 is 1.48 bits per heavy atom. The number of halogens is 1. The molecule has 0 saturated heterocycles. The summed E-state index contributed by atoms with van der Waals surface area (Å²) in [6.07, 6.45) is 2.63. The van der Waals surface area contributed by atoms with Crippen LogP contribution in [0.4, 0.5) is 0 Å². The fourth-order valence-electron chi connectivity index (χ4n) is 1.91. The van der Waals surface area contributed by atoms with Crippen molar-refractivity contribution in [1.82, 2.24) is 14.8 Å². The molecule has 0 bridgehead atoms. The lowest BCUT2D eigenvalue weighted by Gasteiger charge is -2.05. The molecule has 0 aliphatic heterocycles. The first-order valence-electron chi connectivity index (χ1n) is 6.63. The Balaban J connectivity index is 2.43. The minimum atomic E-state index is -0.497. The van der Waals surface area contributed by atoms with Gasteiger partial charge in [0.15, 0.2) is 0 Å². The van der Waals surface area contributed by atoms with E-state index in [1.165, 1.54) is 30.0 Å². The van der Waals surface area contributed by atoms with Gasteiger partial charge in [0.1, 0.15) is 5.82 Å². The van der Waals surface area contributed by atoms with Gasteiger partial charge in [-0.25, -0.2) is 9.59 Å². The molecular formula is C14H16ClN3O3. The number of H-pyrrole nitrogens is 1. The van der Waals surface area contributed by atoms with Gasteiger partial charge in [0.2, 0.25) is 0 Å². The predicted octanol–water partition coefficient (Wildman–Crippen LogP) is 2.34. The van der Waals surface area contributed by atoms with Crippen LogP contribution in [0.5, 0.6) is 0 Å². The quantitative estimate of drug-likeness (QED) is 0.860. The molecule has 1 N–H and O–H groups in total. The fourth-order valence-corrected chi connectivity index (χ4v) is 2.10. The summed E-state index contributed by atoms with van der Waals surface area (Å²) in [6, 6.07) is 4.56. The van der Waals surface area contributed by atoms with Crippen molar-refractivity contribution in [2.24, 2.45) is 0 Å². The number of aryl methyl sites for hydroxylation is 1. The Morgan fingerprint density at radius 2 is 2.24 bits per heavy atom. The van der Waals surface area contributed by atoms with Crippen LogP contribution < -0.4 is 5.69 Å². The summed E-state index contributed by atoms with van der Waals surface area (Å²) in [7, 11) is 1.29. The summed E-state index contributed by atoms with van der Waals surface area (Å²) in [5, 5.41) is 4.55. The number of nitrogens with one attached hydrogen (secondary N) is 1. The molecule has 0 unspecified atom stereocenters. The van der Waals surface area contributed by atoms with Crippen molar-refractivity contribution in [3.63, 3.8) is 0 Å². The third-order valence-corrected chi connectivity index (χ3v) is 3.35. The van der Waals surface area contributed by atoms with E-state index in [4.69, 9.17) is 11.6 Å². The van der Waals surface area contributed by atoms with Crippen molar-refractivity contribution >= 4 is 17.6 Å². The lowest BCUT2D eigenvalue weighted by atomic mass is 10.2. The Kier molecular flexibility index (Phi) is 4.80. The highest BCUT2D eigenvalue weighted by atomic mass is 35.5. The van der Waals surface area contributed by atoms with Gasteiger partial charge in [-0.3, -0.25) is 4.98 Å². The first-order valence-corrected chi connectivity index (χ1v) is 7.01. The predicted molar refractivity (Wildman–Crippen MR) is 79.1 cm³/mol. The van der Waals surface area contributed by atoms with E-state index >= 15 is 0 Å². The number of rotatable bonds is 5. The maximum atomic E-state index is 12.0. The summed E-state index contributed by atoms with van der Waals surface area (Å²) in [6.45, 7) is 2.06. The van der Waals surface area contributed by atoms with E-state index in [2.05, 4.69) is 21.7 Å². The van der Waals surface area contributed by atoms with Crippen molar-refractivity contribution in [2.75, 3.05) is 7.11 Å². The number of ether oxygens (including phenoxy) is 1. The Bertz CT molecular complexity index is 706. The second-order valence-corrected chi connectivity index (χ2v) is 4.96. The van der Waals surface area contributed by atoms with E-state index in [0.29, 0.717) is 28.5 Å².